The van der Waals surface area contributed by atoms with Crippen LogP contribution < -0.4 is 11.1 Å². The van der Waals surface area contributed by atoms with E-state index in [2.05, 4.69) is 5.32 Å². The van der Waals surface area contributed by atoms with Crippen LogP contribution in [0.2, 0.25) is 0 Å². The largest absolute Gasteiger partial charge is 0.444 e. The number of nitrogens with two attached hydrogens (primary N) is 1. The molecular formula is C12H17N3O2S. The Labute approximate surface area is 111 Å². The lowest BCUT2D eigenvalue weighted by molar-refractivity contribution is -0.113. The third kappa shape index (κ3) is 3.52. The van der Waals surface area contributed by atoms with Gasteiger partial charge in [0.05, 0.1) is 5.75 Å². The Bertz CT molecular complexity index is 476. The quantitative estimate of drug-likeness (QED) is 0.848. The molecule has 1 amide bonds. The zero-order valence-corrected chi connectivity index (χ0v) is 11.6. The normalized spacial score (nSPS) is 11.9. The molecule has 1 aromatic heterocycles. The van der Waals surface area contributed by atoms with Gasteiger partial charge in [0.1, 0.15) is 17.4 Å². The van der Waals surface area contributed by atoms with Gasteiger partial charge in [0.25, 0.3) is 0 Å². The van der Waals surface area contributed by atoms with E-state index in [-0.39, 0.29) is 17.0 Å². The number of aryl methyl sites for hydroxylation is 1. The van der Waals surface area contributed by atoms with E-state index in [0.29, 0.717) is 23.6 Å². The molecule has 0 saturated heterocycles. The lowest BCUT2D eigenvalue weighted by atomic mass is 10.2. The number of carbonyl (C=O) groups excluding carboxylic acids is 1. The highest BCUT2D eigenvalue weighted by Gasteiger charge is 2.16. The van der Waals surface area contributed by atoms with Gasteiger partial charge in [0, 0.05) is 17.4 Å². The topological polar surface area (TPSA) is 92.1 Å². The number of anilines is 1. The average Bonchev–Trinajstić information content (AvgIpc) is 2.61. The molecule has 0 bridgehead atoms. The minimum atomic E-state index is -0.189. The molecule has 0 radical (unpaired) electrons. The van der Waals surface area contributed by atoms with E-state index in [4.69, 9.17) is 15.4 Å². The summed E-state index contributed by atoms with van der Waals surface area (Å²) in [5.41, 5.74) is 6.61. The molecule has 0 aliphatic carbocycles. The molecule has 6 heteroatoms. The lowest BCUT2D eigenvalue weighted by Crippen LogP contribution is -2.19. The van der Waals surface area contributed by atoms with Gasteiger partial charge in [0.2, 0.25) is 11.8 Å². The number of rotatable bonds is 5. The third-order valence-electron chi connectivity index (χ3n) is 2.58. The molecule has 3 N–H and O–H groups in total. The monoisotopic (exact) mass is 267 g/mol. The highest BCUT2D eigenvalue weighted by Crippen LogP contribution is 2.25. The zero-order chi connectivity index (χ0) is 13.7. The van der Waals surface area contributed by atoms with Gasteiger partial charge >= 0.3 is 0 Å². The van der Waals surface area contributed by atoms with Gasteiger partial charge in [0.15, 0.2) is 0 Å². The summed E-state index contributed by atoms with van der Waals surface area (Å²) in [5, 5.41) is 11.8. The van der Waals surface area contributed by atoms with E-state index in [1.54, 1.807) is 13.8 Å². The standard InChI is InChI=1S/C12H17N3O2S/c1-7(4-13)18-6-11(16)15-12-10(5-14)8(2)9(3)17-12/h7H,4,6,13H2,1-3H3,(H,15,16). The fraction of sp³-hybridized carbons (Fsp3) is 0.500. The molecule has 0 fully saturated rings. The molecule has 0 spiro atoms. The van der Waals surface area contributed by atoms with E-state index in [0.717, 1.165) is 5.56 Å². The molecule has 98 valence electrons. The van der Waals surface area contributed by atoms with Crippen molar-refractivity contribution in [1.29, 1.82) is 5.26 Å². The van der Waals surface area contributed by atoms with Crippen molar-refractivity contribution < 1.29 is 9.21 Å². The maximum absolute atomic E-state index is 11.7. The van der Waals surface area contributed by atoms with Gasteiger partial charge < -0.3 is 10.2 Å². The van der Waals surface area contributed by atoms with Crippen molar-refractivity contribution in [1.82, 2.24) is 0 Å². The lowest BCUT2D eigenvalue weighted by Gasteiger charge is -2.07. The molecule has 0 aliphatic heterocycles. The summed E-state index contributed by atoms with van der Waals surface area (Å²) in [4.78, 5) is 11.7. The molecule has 1 heterocycles. The molecule has 1 unspecified atom stereocenters. The predicted octanol–water partition coefficient (Wildman–Crippen LogP) is 1.79. The van der Waals surface area contributed by atoms with Crippen LogP contribution in [-0.2, 0) is 4.79 Å². The summed E-state index contributed by atoms with van der Waals surface area (Å²) in [5.74, 6) is 0.982. The van der Waals surface area contributed by atoms with E-state index in [9.17, 15) is 4.79 Å². The average molecular weight is 267 g/mol. The fourth-order valence-corrected chi connectivity index (χ4v) is 1.94. The van der Waals surface area contributed by atoms with Gasteiger partial charge in [-0.05, 0) is 13.8 Å². The van der Waals surface area contributed by atoms with Gasteiger partial charge in [-0.2, -0.15) is 5.26 Å². The fourth-order valence-electron chi connectivity index (χ4n) is 1.30. The van der Waals surface area contributed by atoms with Crippen molar-refractivity contribution in [3.05, 3.63) is 16.9 Å². The van der Waals surface area contributed by atoms with Crippen molar-refractivity contribution in [2.24, 2.45) is 5.73 Å². The number of amides is 1. The van der Waals surface area contributed by atoms with Crippen molar-refractivity contribution >= 4 is 23.6 Å². The summed E-state index contributed by atoms with van der Waals surface area (Å²) < 4.78 is 5.35. The van der Waals surface area contributed by atoms with E-state index >= 15 is 0 Å². The van der Waals surface area contributed by atoms with Crippen LogP contribution in [0.5, 0.6) is 0 Å². The Balaban J connectivity index is 2.66. The number of nitrogens with one attached hydrogen (secondary N) is 1. The summed E-state index contributed by atoms with van der Waals surface area (Å²) >= 11 is 1.47. The molecule has 0 saturated carbocycles. The van der Waals surface area contributed by atoms with Crippen LogP contribution in [0.25, 0.3) is 0 Å². The number of carbonyl (C=O) groups is 1. The van der Waals surface area contributed by atoms with Crippen molar-refractivity contribution in [2.45, 2.75) is 26.0 Å². The van der Waals surface area contributed by atoms with Gasteiger partial charge in [-0.15, -0.1) is 11.8 Å². The molecule has 0 aromatic carbocycles. The highest BCUT2D eigenvalue weighted by molar-refractivity contribution is 8.00. The smallest absolute Gasteiger partial charge is 0.236 e. The van der Waals surface area contributed by atoms with E-state index in [1.165, 1.54) is 11.8 Å². The highest BCUT2D eigenvalue weighted by atomic mass is 32.2. The number of furan rings is 1. The van der Waals surface area contributed by atoms with Crippen LogP contribution in [0.15, 0.2) is 4.42 Å². The summed E-state index contributed by atoms with van der Waals surface area (Å²) in [7, 11) is 0. The van der Waals surface area contributed by atoms with Crippen molar-refractivity contribution in [3.8, 4) is 6.07 Å². The Morgan fingerprint density at radius 3 is 2.83 bits per heavy atom. The summed E-state index contributed by atoms with van der Waals surface area (Å²) in [6, 6.07) is 2.03. The second-order valence-electron chi connectivity index (χ2n) is 4.00. The van der Waals surface area contributed by atoms with Crippen LogP contribution in [0.3, 0.4) is 0 Å². The first-order valence-electron chi connectivity index (χ1n) is 5.61. The summed E-state index contributed by atoms with van der Waals surface area (Å²) in [6.07, 6.45) is 0. The van der Waals surface area contributed by atoms with Gasteiger partial charge in [-0.3, -0.25) is 10.1 Å². The van der Waals surface area contributed by atoms with Crippen LogP contribution in [0, 0.1) is 25.2 Å². The Hall–Kier alpha value is -1.45. The molecular weight excluding hydrogens is 250 g/mol. The maximum atomic E-state index is 11.7. The molecule has 18 heavy (non-hydrogen) atoms. The van der Waals surface area contributed by atoms with E-state index in [1.807, 2.05) is 13.0 Å². The van der Waals surface area contributed by atoms with Crippen LogP contribution >= 0.6 is 11.8 Å². The van der Waals surface area contributed by atoms with Crippen molar-refractivity contribution in [2.75, 3.05) is 17.6 Å². The Morgan fingerprint density at radius 2 is 2.28 bits per heavy atom. The predicted molar refractivity (Wildman–Crippen MR) is 72.5 cm³/mol. The SMILES string of the molecule is Cc1oc(NC(=O)CSC(C)CN)c(C#N)c1C. The van der Waals surface area contributed by atoms with Crippen molar-refractivity contribution in [3.63, 3.8) is 0 Å². The molecule has 1 rings (SSSR count). The summed E-state index contributed by atoms with van der Waals surface area (Å²) in [6.45, 7) is 6.04. The number of nitriles is 1. The molecule has 5 nitrogen and oxygen atoms in total. The Morgan fingerprint density at radius 1 is 1.61 bits per heavy atom. The number of nitrogens with zero attached hydrogens (tertiary/aromatic N) is 1. The molecule has 0 aliphatic rings. The second kappa shape index (κ2) is 6.47. The van der Waals surface area contributed by atoms with Gasteiger partial charge in [-0.1, -0.05) is 6.92 Å². The number of hydrogen-bond donors (Lipinski definition) is 2. The minimum absolute atomic E-state index is 0.189. The van der Waals surface area contributed by atoms with E-state index < -0.39 is 0 Å². The second-order valence-corrected chi connectivity index (χ2v) is 5.43. The first kappa shape index (κ1) is 14.6. The van der Waals surface area contributed by atoms with Crippen LogP contribution in [0.4, 0.5) is 5.88 Å². The number of hydrogen-bond acceptors (Lipinski definition) is 5. The zero-order valence-electron chi connectivity index (χ0n) is 10.7. The molecule has 1 aromatic rings. The Kier molecular flexibility index (Phi) is 5.25. The van der Waals surface area contributed by atoms with Crippen LogP contribution in [-0.4, -0.2) is 23.5 Å². The van der Waals surface area contributed by atoms with Gasteiger partial charge in [-0.25, -0.2) is 0 Å². The minimum Gasteiger partial charge on any atom is -0.444 e. The molecule has 1 atom stereocenters. The van der Waals surface area contributed by atoms with Crippen LogP contribution in [0.1, 0.15) is 23.8 Å². The number of thioether (sulfide) groups is 1. The first-order valence-corrected chi connectivity index (χ1v) is 6.66. The third-order valence-corrected chi connectivity index (χ3v) is 3.77. The first-order chi connectivity index (χ1) is 8.49. The maximum Gasteiger partial charge on any atom is 0.236 e.